The largest absolute Gasteiger partial charge is 0.473 e. The van der Waals surface area contributed by atoms with Crippen LogP contribution in [-0.2, 0) is 13.2 Å². The molecule has 2 heterocycles. The molecule has 0 radical (unpaired) electrons. The van der Waals surface area contributed by atoms with Crippen LogP contribution in [0.25, 0.3) is 0 Å². The first-order valence-electron chi connectivity index (χ1n) is 10.0. The summed E-state index contributed by atoms with van der Waals surface area (Å²) in [5.74, 6) is -1.66. The number of carbonyl (C=O) groups excluding carboxylic acids is 1. The van der Waals surface area contributed by atoms with Crippen molar-refractivity contribution in [2.75, 3.05) is 0 Å². The van der Waals surface area contributed by atoms with Crippen molar-refractivity contribution in [3.05, 3.63) is 118 Å². The van der Waals surface area contributed by atoms with Crippen molar-refractivity contribution in [3.8, 4) is 17.6 Å². The number of aromatic amines is 1. The molecule has 2 aromatic carbocycles. The van der Waals surface area contributed by atoms with E-state index in [1.54, 1.807) is 0 Å². The topological polar surface area (TPSA) is 90.5 Å². The highest BCUT2D eigenvalue weighted by Crippen LogP contribution is 2.21. The minimum absolute atomic E-state index is 0.0845. The van der Waals surface area contributed by atoms with E-state index in [0.717, 1.165) is 23.3 Å². The fourth-order valence-electron chi connectivity index (χ4n) is 2.87. The smallest absolute Gasteiger partial charge is 0.345 e. The van der Waals surface area contributed by atoms with E-state index < -0.39 is 17.3 Å². The van der Waals surface area contributed by atoms with E-state index in [1.165, 1.54) is 12.1 Å². The first-order chi connectivity index (χ1) is 16.1. The lowest BCUT2D eigenvalue weighted by atomic mass is 10.2. The summed E-state index contributed by atoms with van der Waals surface area (Å²) in [6.07, 6.45) is 0. The van der Waals surface area contributed by atoms with Gasteiger partial charge in [-0.3, -0.25) is 9.78 Å². The molecule has 0 fully saturated rings. The normalized spacial score (nSPS) is 10.5. The van der Waals surface area contributed by atoms with E-state index >= 15 is 0 Å². The second kappa shape index (κ2) is 10.2. The van der Waals surface area contributed by atoms with Crippen LogP contribution in [-0.4, -0.2) is 15.9 Å². The van der Waals surface area contributed by atoms with Crippen LogP contribution in [0.15, 0.2) is 89.7 Å². The molecule has 4 aromatic rings. The molecule has 166 valence electrons. The average Bonchev–Trinajstić information content (AvgIpc) is 2.85. The number of nitrogens with one attached hydrogen (secondary N) is 1. The third kappa shape index (κ3) is 6.04. The molecule has 0 bridgehead atoms. The molecule has 0 unspecified atom stereocenters. The Labute approximate surface area is 188 Å². The Balaban J connectivity index is 1.55. The second-order valence-electron chi connectivity index (χ2n) is 6.97. The van der Waals surface area contributed by atoms with Crippen LogP contribution in [0, 0.1) is 5.82 Å². The summed E-state index contributed by atoms with van der Waals surface area (Å²) in [6.45, 7) is 0.464. The van der Waals surface area contributed by atoms with Crippen LogP contribution in [0.2, 0.25) is 0 Å². The molecule has 0 saturated carbocycles. The van der Waals surface area contributed by atoms with Crippen LogP contribution in [0.1, 0.15) is 21.5 Å². The number of hydrogen-bond acceptors (Lipinski definition) is 6. The molecule has 2 aromatic heterocycles. The molecule has 8 heteroatoms. The zero-order valence-electron chi connectivity index (χ0n) is 17.4. The monoisotopic (exact) mass is 446 g/mol. The van der Waals surface area contributed by atoms with Gasteiger partial charge in [0.1, 0.15) is 13.2 Å². The Hall–Kier alpha value is -4.46. The van der Waals surface area contributed by atoms with Crippen LogP contribution >= 0.6 is 0 Å². The number of nitrogens with zero attached hydrogens (tertiary/aromatic N) is 1. The summed E-state index contributed by atoms with van der Waals surface area (Å²) < 4.78 is 29.9. The molecule has 0 amide bonds. The number of halogens is 1. The molecule has 1 N–H and O–H groups in total. The molecule has 0 aliphatic carbocycles. The number of hydrogen-bond donors (Lipinski definition) is 1. The van der Waals surface area contributed by atoms with Crippen molar-refractivity contribution in [3.63, 3.8) is 0 Å². The van der Waals surface area contributed by atoms with Crippen molar-refractivity contribution < 1.29 is 23.4 Å². The lowest BCUT2D eigenvalue weighted by Gasteiger charge is -2.11. The van der Waals surface area contributed by atoms with E-state index in [4.69, 9.17) is 14.2 Å². The van der Waals surface area contributed by atoms with Gasteiger partial charge < -0.3 is 14.2 Å². The van der Waals surface area contributed by atoms with Gasteiger partial charge in [-0.2, -0.15) is 4.98 Å². The van der Waals surface area contributed by atoms with Crippen LogP contribution in [0.3, 0.4) is 0 Å². The third-order valence-electron chi connectivity index (χ3n) is 4.51. The van der Waals surface area contributed by atoms with Crippen molar-refractivity contribution in [2.24, 2.45) is 0 Å². The summed E-state index contributed by atoms with van der Waals surface area (Å²) in [7, 11) is 0. The van der Waals surface area contributed by atoms with Crippen molar-refractivity contribution in [2.45, 2.75) is 13.2 Å². The van der Waals surface area contributed by atoms with Gasteiger partial charge >= 0.3 is 5.97 Å². The molecule has 0 aliphatic rings. The summed E-state index contributed by atoms with van der Waals surface area (Å²) in [5.41, 5.74) is 0.931. The third-order valence-corrected chi connectivity index (χ3v) is 4.51. The van der Waals surface area contributed by atoms with Crippen molar-refractivity contribution in [1.29, 1.82) is 0 Å². The lowest BCUT2D eigenvalue weighted by Crippen LogP contribution is -2.16. The van der Waals surface area contributed by atoms with E-state index in [2.05, 4.69) is 9.97 Å². The zero-order chi connectivity index (χ0) is 23.0. The standard InChI is InChI=1S/C25H19FN2O5/c26-20-11-12-21(28-24(20)29)33-25(30)19-13-22(31-15-17-7-3-1-4-8-17)27-23(14-19)32-16-18-9-5-2-6-10-18/h1-14H,15-16H2,(H,28,29). The molecule has 0 spiro atoms. The molecule has 4 rings (SSSR count). The van der Waals surface area contributed by atoms with Gasteiger partial charge in [-0.1, -0.05) is 60.7 Å². The Morgan fingerprint density at radius 1 is 0.818 bits per heavy atom. The first kappa shape index (κ1) is 21.8. The van der Waals surface area contributed by atoms with Crippen LogP contribution in [0.4, 0.5) is 4.39 Å². The van der Waals surface area contributed by atoms with Crippen LogP contribution < -0.4 is 19.8 Å². The Morgan fingerprint density at radius 3 is 1.88 bits per heavy atom. The summed E-state index contributed by atoms with van der Waals surface area (Å²) >= 11 is 0. The fraction of sp³-hybridized carbons (Fsp3) is 0.0800. The maximum atomic E-state index is 13.2. The lowest BCUT2D eigenvalue weighted by molar-refractivity contribution is 0.0725. The Bertz CT molecular complexity index is 1230. The molecule has 0 saturated heterocycles. The highest BCUT2D eigenvalue weighted by atomic mass is 19.1. The van der Waals surface area contributed by atoms with E-state index in [9.17, 15) is 14.0 Å². The first-order valence-corrected chi connectivity index (χ1v) is 10.0. The molecule has 33 heavy (non-hydrogen) atoms. The van der Waals surface area contributed by atoms with E-state index in [0.29, 0.717) is 0 Å². The quantitative estimate of drug-likeness (QED) is 0.406. The minimum Gasteiger partial charge on any atom is -0.473 e. The van der Waals surface area contributed by atoms with Crippen LogP contribution in [0.5, 0.6) is 17.6 Å². The van der Waals surface area contributed by atoms with Gasteiger partial charge in [0.25, 0.3) is 5.56 Å². The number of pyridine rings is 2. The number of aromatic nitrogens is 2. The Morgan fingerprint density at radius 2 is 1.36 bits per heavy atom. The maximum absolute atomic E-state index is 13.2. The Kier molecular flexibility index (Phi) is 6.75. The SMILES string of the molecule is O=C(Oc1ccc(F)c(=O)[nH]1)c1cc(OCc2ccccc2)nc(OCc2ccccc2)c1. The van der Waals surface area contributed by atoms with Gasteiger partial charge in [0.2, 0.25) is 17.6 Å². The van der Waals surface area contributed by atoms with Gasteiger partial charge in [-0.15, -0.1) is 0 Å². The molecule has 7 nitrogen and oxygen atoms in total. The number of H-pyrrole nitrogens is 1. The van der Waals surface area contributed by atoms with Gasteiger partial charge in [-0.05, 0) is 17.2 Å². The van der Waals surface area contributed by atoms with Gasteiger partial charge in [-0.25, -0.2) is 9.18 Å². The van der Waals surface area contributed by atoms with E-state index in [-0.39, 0.29) is 36.4 Å². The second-order valence-corrected chi connectivity index (χ2v) is 6.97. The van der Waals surface area contributed by atoms with Crippen molar-refractivity contribution in [1.82, 2.24) is 9.97 Å². The zero-order valence-corrected chi connectivity index (χ0v) is 17.4. The average molecular weight is 446 g/mol. The number of ether oxygens (including phenoxy) is 3. The van der Waals surface area contributed by atoms with Crippen molar-refractivity contribution >= 4 is 5.97 Å². The molecular weight excluding hydrogens is 427 g/mol. The van der Waals surface area contributed by atoms with Gasteiger partial charge in [0.05, 0.1) is 5.56 Å². The summed E-state index contributed by atoms with van der Waals surface area (Å²) in [5, 5.41) is 0. The molecule has 0 aliphatic heterocycles. The molecular formula is C25H19FN2O5. The van der Waals surface area contributed by atoms with Gasteiger partial charge in [0.15, 0.2) is 5.82 Å². The number of benzene rings is 2. The highest BCUT2D eigenvalue weighted by molar-refractivity contribution is 5.91. The predicted octanol–water partition coefficient (Wildman–Crippen LogP) is 4.29. The molecule has 0 atom stereocenters. The predicted molar refractivity (Wildman–Crippen MR) is 118 cm³/mol. The fourth-order valence-corrected chi connectivity index (χ4v) is 2.87. The number of carbonyl (C=O) groups is 1. The minimum atomic E-state index is -0.992. The van der Waals surface area contributed by atoms with Gasteiger partial charge in [0, 0.05) is 18.2 Å². The summed E-state index contributed by atoms with van der Waals surface area (Å²) in [6, 6.07) is 23.8. The van der Waals surface area contributed by atoms with E-state index in [1.807, 2.05) is 60.7 Å². The summed E-state index contributed by atoms with van der Waals surface area (Å²) in [4.78, 5) is 30.6. The number of rotatable bonds is 8. The highest BCUT2D eigenvalue weighted by Gasteiger charge is 2.15. The maximum Gasteiger partial charge on any atom is 0.345 e. The number of esters is 1.